The fourth-order valence-electron chi connectivity index (χ4n) is 4.15. The van der Waals surface area contributed by atoms with Crippen LogP contribution in [-0.2, 0) is 15.8 Å². The van der Waals surface area contributed by atoms with Gasteiger partial charge in [0.1, 0.15) is 5.69 Å². The molecule has 3 aromatic rings. The average molecular weight is 481 g/mol. The highest BCUT2D eigenvalue weighted by molar-refractivity contribution is 7.88. The summed E-state index contributed by atoms with van der Waals surface area (Å²) in [5.74, 6) is -0.0170. The Balaban J connectivity index is 1.46. The normalized spacial score (nSPS) is 15.6. The first kappa shape index (κ1) is 23.7. The van der Waals surface area contributed by atoms with Crippen molar-refractivity contribution in [2.75, 3.05) is 36.4 Å². The van der Waals surface area contributed by atoms with Crippen LogP contribution in [0.4, 0.5) is 17.1 Å². The minimum absolute atomic E-state index is 0.00982. The smallest absolute Gasteiger partial charge is 0.292 e. The number of nitrogens with zero attached hydrogens (tertiary/aromatic N) is 3. The van der Waals surface area contributed by atoms with Crippen LogP contribution in [0.1, 0.15) is 24.1 Å². The Kier molecular flexibility index (Phi) is 7.14. The first-order valence-electron chi connectivity index (χ1n) is 11.2. The van der Waals surface area contributed by atoms with Crippen molar-refractivity contribution in [2.24, 2.45) is 0 Å². The van der Waals surface area contributed by atoms with Gasteiger partial charge in [-0.2, -0.15) is 4.31 Å². The third-order valence-corrected chi connectivity index (χ3v) is 7.89. The molecule has 0 radical (unpaired) electrons. The Bertz CT molecular complexity index is 1230. The number of rotatable bonds is 8. The third kappa shape index (κ3) is 5.55. The van der Waals surface area contributed by atoms with Crippen LogP contribution in [-0.4, -0.2) is 43.8 Å². The highest BCUT2D eigenvalue weighted by Crippen LogP contribution is 2.33. The van der Waals surface area contributed by atoms with E-state index >= 15 is 0 Å². The van der Waals surface area contributed by atoms with Crippen molar-refractivity contribution in [2.45, 2.75) is 18.7 Å². The largest absolute Gasteiger partial charge is 0.373 e. The van der Waals surface area contributed by atoms with Gasteiger partial charge < -0.3 is 10.2 Å². The lowest BCUT2D eigenvalue weighted by Crippen LogP contribution is -2.49. The number of piperazine rings is 1. The van der Waals surface area contributed by atoms with Gasteiger partial charge in [0, 0.05) is 44.0 Å². The molecule has 0 saturated carbocycles. The molecule has 0 bridgehead atoms. The van der Waals surface area contributed by atoms with Crippen molar-refractivity contribution in [1.29, 1.82) is 0 Å². The second kappa shape index (κ2) is 10.2. The number of hydrogen-bond donors (Lipinski definition) is 1. The zero-order chi connectivity index (χ0) is 24.1. The van der Waals surface area contributed by atoms with Crippen LogP contribution in [0, 0.1) is 10.1 Å². The first-order valence-corrected chi connectivity index (χ1v) is 12.8. The van der Waals surface area contributed by atoms with Crippen LogP contribution < -0.4 is 10.2 Å². The predicted octanol–water partition coefficient (Wildman–Crippen LogP) is 4.42. The van der Waals surface area contributed by atoms with Crippen LogP contribution >= 0.6 is 0 Å². The van der Waals surface area contributed by atoms with Crippen LogP contribution in [0.3, 0.4) is 0 Å². The van der Waals surface area contributed by atoms with Gasteiger partial charge in [-0.15, -0.1) is 0 Å². The monoisotopic (exact) mass is 480 g/mol. The Hall–Kier alpha value is -3.43. The van der Waals surface area contributed by atoms with Gasteiger partial charge in [0.25, 0.3) is 5.69 Å². The summed E-state index contributed by atoms with van der Waals surface area (Å²) in [4.78, 5) is 13.3. The van der Waals surface area contributed by atoms with Gasteiger partial charge in [0.2, 0.25) is 10.0 Å². The average Bonchev–Trinajstić information content (AvgIpc) is 2.85. The van der Waals surface area contributed by atoms with E-state index in [2.05, 4.69) is 10.2 Å². The molecule has 1 fully saturated rings. The van der Waals surface area contributed by atoms with Crippen LogP contribution in [0.25, 0.3) is 0 Å². The molecule has 34 heavy (non-hydrogen) atoms. The Morgan fingerprint density at radius 1 is 0.941 bits per heavy atom. The van der Waals surface area contributed by atoms with Crippen LogP contribution in [0.2, 0.25) is 0 Å². The van der Waals surface area contributed by atoms with E-state index in [1.807, 2.05) is 67.6 Å². The number of benzene rings is 3. The van der Waals surface area contributed by atoms with E-state index < -0.39 is 14.9 Å². The molecule has 0 spiro atoms. The zero-order valence-electron chi connectivity index (χ0n) is 19.0. The number of nitro groups is 1. The maximum Gasteiger partial charge on any atom is 0.292 e. The molecular weight excluding hydrogens is 452 g/mol. The second-order valence-corrected chi connectivity index (χ2v) is 10.3. The minimum atomic E-state index is -3.41. The standard InChI is InChI=1S/C25H28N4O4S/c1-20(22-10-6-3-7-11-22)26-24-18-23(12-13-25(24)29(30)31)27-14-16-28(17-15-27)34(32,33)19-21-8-4-2-5-9-21/h2-13,18,20,26H,14-17,19H2,1H3/t20-/m1/s1. The SMILES string of the molecule is C[C@@H](Nc1cc(N2CCN(S(=O)(=O)Cc3ccccc3)CC2)ccc1[N+](=O)[O-])c1ccccc1. The lowest BCUT2D eigenvalue weighted by molar-refractivity contribution is -0.384. The maximum absolute atomic E-state index is 12.9. The summed E-state index contributed by atoms with van der Waals surface area (Å²) >= 11 is 0. The third-order valence-electron chi connectivity index (χ3n) is 6.04. The molecule has 3 aromatic carbocycles. The fourth-order valence-corrected chi connectivity index (χ4v) is 5.67. The number of sulfonamides is 1. The summed E-state index contributed by atoms with van der Waals surface area (Å²) in [5, 5.41) is 14.9. The first-order chi connectivity index (χ1) is 16.3. The lowest BCUT2D eigenvalue weighted by atomic mass is 10.1. The van der Waals surface area contributed by atoms with Crippen molar-refractivity contribution in [3.63, 3.8) is 0 Å². The van der Waals surface area contributed by atoms with Gasteiger partial charge in [-0.1, -0.05) is 60.7 Å². The molecule has 178 valence electrons. The Labute approximate surface area is 200 Å². The molecule has 1 atom stereocenters. The molecular formula is C25H28N4O4S. The minimum Gasteiger partial charge on any atom is -0.373 e. The zero-order valence-corrected chi connectivity index (χ0v) is 19.8. The molecule has 1 aliphatic heterocycles. The Morgan fingerprint density at radius 2 is 1.56 bits per heavy atom. The van der Waals surface area contributed by atoms with E-state index in [4.69, 9.17) is 0 Å². The molecule has 0 amide bonds. The molecule has 9 heteroatoms. The van der Waals surface area contributed by atoms with Gasteiger partial charge in [0.05, 0.1) is 10.7 Å². The van der Waals surface area contributed by atoms with Gasteiger partial charge in [-0.25, -0.2) is 8.42 Å². The maximum atomic E-state index is 12.9. The van der Waals surface area contributed by atoms with E-state index in [1.165, 1.54) is 10.4 Å². The molecule has 1 heterocycles. The van der Waals surface area contributed by atoms with Gasteiger partial charge >= 0.3 is 0 Å². The summed E-state index contributed by atoms with van der Waals surface area (Å²) < 4.78 is 27.2. The van der Waals surface area contributed by atoms with E-state index in [-0.39, 0.29) is 17.5 Å². The summed E-state index contributed by atoms with van der Waals surface area (Å²) in [6.07, 6.45) is 0. The van der Waals surface area contributed by atoms with Crippen molar-refractivity contribution in [1.82, 2.24) is 4.31 Å². The molecule has 8 nitrogen and oxygen atoms in total. The molecule has 0 unspecified atom stereocenters. The molecule has 1 N–H and O–H groups in total. The van der Waals surface area contributed by atoms with Crippen molar-refractivity contribution in [3.8, 4) is 0 Å². The molecule has 4 rings (SSSR count). The van der Waals surface area contributed by atoms with E-state index in [9.17, 15) is 18.5 Å². The number of nitrogens with one attached hydrogen (secondary N) is 1. The van der Waals surface area contributed by atoms with Gasteiger partial charge in [-0.05, 0) is 30.2 Å². The van der Waals surface area contributed by atoms with Crippen molar-refractivity contribution in [3.05, 3.63) is 100 Å². The van der Waals surface area contributed by atoms with Gasteiger partial charge in [0.15, 0.2) is 0 Å². The predicted molar refractivity (Wildman–Crippen MR) is 134 cm³/mol. The summed E-state index contributed by atoms with van der Waals surface area (Å²) in [5.41, 5.74) is 3.07. The lowest BCUT2D eigenvalue weighted by Gasteiger charge is -2.35. The van der Waals surface area contributed by atoms with E-state index in [0.717, 1.165) is 16.8 Å². The summed E-state index contributed by atoms with van der Waals surface area (Å²) in [6.45, 7) is 3.73. The van der Waals surface area contributed by atoms with Gasteiger partial charge in [-0.3, -0.25) is 10.1 Å². The van der Waals surface area contributed by atoms with Crippen molar-refractivity contribution < 1.29 is 13.3 Å². The second-order valence-electron chi connectivity index (χ2n) is 8.36. The molecule has 1 aliphatic rings. The summed E-state index contributed by atoms with van der Waals surface area (Å²) in [7, 11) is -3.41. The number of hydrogen-bond acceptors (Lipinski definition) is 6. The van der Waals surface area contributed by atoms with E-state index in [0.29, 0.717) is 31.9 Å². The summed E-state index contributed by atoms with van der Waals surface area (Å²) in [6, 6.07) is 23.8. The van der Waals surface area contributed by atoms with Crippen LogP contribution in [0.15, 0.2) is 78.9 Å². The fraction of sp³-hybridized carbons (Fsp3) is 0.280. The van der Waals surface area contributed by atoms with Crippen molar-refractivity contribution >= 4 is 27.1 Å². The molecule has 0 aliphatic carbocycles. The topological polar surface area (TPSA) is 95.8 Å². The molecule has 0 aromatic heterocycles. The highest BCUT2D eigenvalue weighted by atomic mass is 32.2. The van der Waals surface area contributed by atoms with Crippen LogP contribution in [0.5, 0.6) is 0 Å². The number of nitro benzene ring substituents is 1. The quantitative estimate of drug-likeness (QED) is 0.379. The van der Waals surface area contributed by atoms with E-state index in [1.54, 1.807) is 12.1 Å². The molecule has 1 saturated heterocycles. The highest BCUT2D eigenvalue weighted by Gasteiger charge is 2.28. The number of anilines is 2. The Morgan fingerprint density at radius 3 is 2.18 bits per heavy atom.